The molecule has 1 amide bonds. The summed E-state index contributed by atoms with van der Waals surface area (Å²) in [5, 5.41) is 1.37. The van der Waals surface area contributed by atoms with Crippen molar-refractivity contribution >= 4 is 21.4 Å². The first-order valence-corrected chi connectivity index (χ1v) is 9.59. The van der Waals surface area contributed by atoms with Gasteiger partial charge in [0, 0.05) is 24.6 Å². The molecule has 0 fully saturated rings. The highest BCUT2D eigenvalue weighted by molar-refractivity contribution is 7.92. The Labute approximate surface area is 142 Å². The van der Waals surface area contributed by atoms with E-state index >= 15 is 0 Å². The van der Waals surface area contributed by atoms with E-state index in [0.29, 0.717) is 12.2 Å². The van der Waals surface area contributed by atoms with Crippen LogP contribution >= 0.6 is 0 Å². The fourth-order valence-corrected chi connectivity index (χ4v) is 3.67. The number of aromatic nitrogens is 2. The number of benzene rings is 1. The van der Waals surface area contributed by atoms with Crippen LogP contribution in [0.4, 0.5) is 5.69 Å². The molecule has 0 radical (unpaired) electrons. The zero-order chi connectivity index (χ0) is 17.7. The maximum Gasteiger partial charge on any atom is 0.242 e. The molecule has 1 N–H and O–H groups in total. The summed E-state index contributed by atoms with van der Waals surface area (Å²) in [7, 11) is -3.84. The molecule has 7 heteroatoms. The molecular weight excluding hydrogens is 326 g/mol. The molecule has 0 bridgehead atoms. The second-order valence-corrected chi connectivity index (χ2v) is 7.79. The number of nitrogens with one attached hydrogen (secondary N) is 1. The van der Waals surface area contributed by atoms with Gasteiger partial charge in [0.05, 0.1) is 0 Å². The van der Waals surface area contributed by atoms with Crippen LogP contribution in [0.15, 0.2) is 41.8 Å². The van der Waals surface area contributed by atoms with E-state index in [1.54, 1.807) is 22.9 Å². The number of amides is 1. The number of hydrogen-bond donors (Lipinski definition) is 1. The van der Waals surface area contributed by atoms with Crippen molar-refractivity contribution in [1.29, 1.82) is 0 Å². The van der Waals surface area contributed by atoms with Gasteiger partial charge in [0.2, 0.25) is 20.9 Å². The first kappa shape index (κ1) is 18.2. The van der Waals surface area contributed by atoms with Crippen molar-refractivity contribution in [2.24, 2.45) is 0 Å². The van der Waals surface area contributed by atoms with Crippen LogP contribution in [0.3, 0.4) is 0 Å². The van der Waals surface area contributed by atoms with Crippen LogP contribution in [-0.4, -0.2) is 29.1 Å². The third kappa shape index (κ3) is 3.84. The Morgan fingerprint density at radius 2 is 1.92 bits per heavy atom. The van der Waals surface area contributed by atoms with E-state index in [1.807, 2.05) is 26.0 Å². The first-order chi connectivity index (χ1) is 11.4. The number of nitrogens with zero attached hydrogens (tertiary/aromatic N) is 2. The standard InChI is InChI=1S/C17H23N3O3S/c1-4-11-20-12-10-18-17(20)24(22,23)13(3)16(21)19-15-8-6-14(5-2)7-9-15/h6-10,12-13H,4-5,11H2,1-3H3,(H,19,21). The molecule has 130 valence electrons. The lowest BCUT2D eigenvalue weighted by atomic mass is 10.1. The van der Waals surface area contributed by atoms with Crippen molar-refractivity contribution in [1.82, 2.24) is 9.55 Å². The average molecular weight is 349 g/mol. The van der Waals surface area contributed by atoms with Gasteiger partial charge in [0.15, 0.2) is 0 Å². The van der Waals surface area contributed by atoms with E-state index in [2.05, 4.69) is 10.3 Å². The normalized spacial score (nSPS) is 12.8. The zero-order valence-electron chi connectivity index (χ0n) is 14.2. The molecule has 0 saturated carbocycles. The molecule has 2 aromatic rings. The van der Waals surface area contributed by atoms with Crippen LogP contribution in [0, 0.1) is 0 Å². The monoisotopic (exact) mass is 349 g/mol. The molecule has 0 spiro atoms. The highest BCUT2D eigenvalue weighted by Gasteiger charge is 2.33. The molecule has 0 aliphatic heterocycles. The van der Waals surface area contributed by atoms with Crippen molar-refractivity contribution < 1.29 is 13.2 Å². The first-order valence-electron chi connectivity index (χ1n) is 8.05. The Morgan fingerprint density at radius 1 is 1.25 bits per heavy atom. The minimum atomic E-state index is -3.84. The molecule has 1 atom stereocenters. The molecule has 6 nitrogen and oxygen atoms in total. The topological polar surface area (TPSA) is 81.1 Å². The van der Waals surface area contributed by atoms with E-state index in [1.165, 1.54) is 13.1 Å². The van der Waals surface area contributed by atoms with Gasteiger partial charge in [-0.1, -0.05) is 26.0 Å². The van der Waals surface area contributed by atoms with Gasteiger partial charge in [0.25, 0.3) is 0 Å². The number of sulfone groups is 1. The van der Waals surface area contributed by atoms with Crippen molar-refractivity contribution in [3.8, 4) is 0 Å². The summed E-state index contributed by atoms with van der Waals surface area (Å²) in [6.45, 7) is 5.92. The molecule has 24 heavy (non-hydrogen) atoms. The molecule has 0 aliphatic carbocycles. The Hall–Kier alpha value is -2.15. The number of carbonyl (C=O) groups is 1. The fourth-order valence-electron chi connectivity index (χ4n) is 2.33. The number of aryl methyl sites for hydroxylation is 2. The summed E-state index contributed by atoms with van der Waals surface area (Å²) in [5.41, 5.74) is 1.73. The molecule has 1 heterocycles. The predicted octanol–water partition coefficient (Wildman–Crippen LogP) is 2.66. The lowest BCUT2D eigenvalue weighted by Gasteiger charge is -2.14. The minimum absolute atomic E-state index is 0.0617. The summed E-state index contributed by atoms with van der Waals surface area (Å²) < 4.78 is 26.9. The maximum absolute atomic E-state index is 12.7. The van der Waals surface area contributed by atoms with Crippen LogP contribution in [0.25, 0.3) is 0 Å². The lowest BCUT2D eigenvalue weighted by molar-refractivity contribution is -0.115. The number of carbonyl (C=O) groups excluding carboxylic acids is 1. The van der Waals surface area contributed by atoms with E-state index in [4.69, 9.17) is 0 Å². The molecule has 0 aliphatic rings. The maximum atomic E-state index is 12.7. The number of imidazole rings is 1. The molecule has 1 aromatic carbocycles. The van der Waals surface area contributed by atoms with Crippen LogP contribution in [0.1, 0.15) is 32.8 Å². The summed E-state index contributed by atoms with van der Waals surface area (Å²) in [4.78, 5) is 16.3. The quantitative estimate of drug-likeness (QED) is 0.833. The van der Waals surface area contributed by atoms with Gasteiger partial charge < -0.3 is 9.88 Å². The van der Waals surface area contributed by atoms with E-state index < -0.39 is 21.0 Å². The van der Waals surface area contributed by atoms with Gasteiger partial charge in [-0.05, 0) is 37.5 Å². The third-order valence-corrected chi connectivity index (χ3v) is 5.85. The van der Waals surface area contributed by atoms with Crippen molar-refractivity contribution in [3.05, 3.63) is 42.2 Å². The Balaban J connectivity index is 2.17. The van der Waals surface area contributed by atoms with Gasteiger partial charge in [-0.15, -0.1) is 0 Å². The fraction of sp³-hybridized carbons (Fsp3) is 0.412. The van der Waals surface area contributed by atoms with E-state index in [9.17, 15) is 13.2 Å². The largest absolute Gasteiger partial charge is 0.325 e. The number of anilines is 1. The highest BCUT2D eigenvalue weighted by atomic mass is 32.2. The molecule has 1 unspecified atom stereocenters. The van der Waals surface area contributed by atoms with E-state index in [-0.39, 0.29) is 5.16 Å². The Kier molecular flexibility index (Phi) is 5.77. The van der Waals surface area contributed by atoms with Crippen LogP contribution in [-0.2, 0) is 27.6 Å². The van der Waals surface area contributed by atoms with Crippen molar-refractivity contribution in [2.75, 3.05) is 5.32 Å². The smallest absolute Gasteiger partial charge is 0.242 e. The van der Waals surface area contributed by atoms with Crippen LogP contribution < -0.4 is 5.32 Å². The average Bonchev–Trinajstić information content (AvgIpc) is 3.04. The van der Waals surface area contributed by atoms with Gasteiger partial charge in [0.1, 0.15) is 5.25 Å². The molecule has 2 rings (SSSR count). The number of rotatable bonds is 7. The summed E-state index contributed by atoms with van der Waals surface area (Å²) in [6.07, 6.45) is 4.74. The molecule has 1 aromatic heterocycles. The van der Waals surface area contributed by atoms with Crippen LogP contribution in [0.2, 0.25) is 0 Å². The van der Waals surface area contributed by atoms with Gasteiger partial charge in [-0.25, -0.2) is 13.4 Å². The lowest BCUT2D eigenvalue weighted by Crippen LogP contribution is -2.34. The third-order valence-electron chi connectivity index (χ3n) is 3.86. The minimum Gasteiger partial charge on any atom is -0.325 e. The Morgan fingerprint density at radius 3 is 2.50 bits per heavy atom. The van der Waals surface area contributed by atoms with Crippen LogP contribution in [0.5, 0.6) is 0 Å². The van der Waals surface area contributed by atoms with Gasteiger partial charge >= 0.3 is 0 Å². The zero-order valence-corrected chi connectivity index (χ0v) is 15.0. The Bertz CT molecular complexity index is 795. The highest BCUT2D eigenvalue weighted by Crippen LogP contribution is 2.17. The molecule has 0 saturated heterocycles. The predicted molar refractivity (Wildman–Crippen MR) is 93.6 cm³/mol. The summed E-state index contributed by atoms with van der Waals surface area (Å²) in [6, 6.07) is 7.35. The van der Waals surface area contributed by atoms with E-state index in [0.717, 1.165) is 18.4 Å². The molecular formula is C17H23N3O3S. The van der Waals surface area contributed by atoms with Gasteiger partial charge in [-0.2, -0.15) is 0 Å². The SMILES string of the molecule is CCCn1ccnc1S(=O)(=O)C(C)C(=O)Nc1ccc(CC)cc1. The van der Waals surface area contributed by atoms with Crippen molar-refractivity contribution in [2.45, 2.75) is 50.6 Å². The summed E-state index contributed by atoms with van der Waals surface area (Å²) in [5.74, 6) is -0.565. The second kappa shape index (κ2) is 7.61. The summed E-state index contributed by atoms with van der Waals surface area (Å²) >= 11 is 0. The number of hydrogen-bond acceptors (Lipinski definition) is 4. The van der Waals surface area contributed by atoms with Crippen molar-refractivity contribution in [3.63, 3.8) is 0 Å². The van der Waals surface area contributed by atoms with Gasteiger partial charge in [-0.3, -0.25) is 4.79 Å². The second-order valence-electron chi connectivity index (χ2n) is 5.63.